The number of hydrogen-bond acceptors (Lipinski definition) is 3. The van der Waals surface area contributed by atoms with Gasteiger partial charge in [0.05, 0.1) is 11.4 Å². The van der Waals surface area contributed by atoms with Gasteiger partial charge in [0.15, 0.2) is 0 Å². The smallest absolute Gasteiger partial charge is 0.244 e. The Morgan fingerprint density at radius 3 is 2.24 bits per heavy atom. The molecule has 0 saturated heterocycles. The Bertz CT molecular complexity index is 736. The Hall–Kier alpha value is -1.37. The van der Waals surface area contributed by atoms with Crippen molar-refractivity contribution in [1.82, 2.24) is 14.5 Å². The first-order valence-electron chi connectivity index (χ1n) is 6.49. The maximum atomic E-state index is 12.4. The van der Waals surface area contributed by atoms with Crippen LogP contribution in [0.3, 0.4) is 0 Å². The molecule has 1 heterocycles. The molecule has 5 nitrogen and oxygen atoms in total. The van der Waals surface area contributed by atoms with Crippen molar-refractivity contribution in [2.45, 2.75) is 31.2 Å². The summed E-state index contributed by atoms with van der Waals surface area (Å²) < 4.78 is 29.0. The zero-order valence-corrected chi connectivity index (χ0v) is 13.8. The van der Waals surface area contributed by atoms with Crippen LogP contribution in [0.15, 0.2) is 29.2 Å². The van der Waals surface area contributed by atoms with Gasteiger partial charge in [0, 0.05) is 19.5 Å². The SMILES string of the molecule is Cc1nn(C)c(C)c1S(=O)(=O)NCc1ccc(CCl)cc1. The zero-order valence-electron chi connectivity index (χ0n) is 12.2. The summed E-state index contributed by atoms with van der Waals surface area (Å²) in [6, 6.07) is 7.50. The third-order valence-corrected chi connectivity index (χ3v) is 5.32. The average molecular weight is 328 g/mol. The summed E-state index contributed by atoms with van der Waals surface area (Å²) in [6.07, 6.45) is 0. The Balaban J connectivity index is 2.17. The van der Waals surface area contributed by atoms with E-state index in [0.717, 1.165) is 11.1 Å². The molecule has 0 saturated carbocycles. The topological polar surface area (TPSA) is 64.0 Å². The number of nitrogens with one attached hydrogen (secondary N) is 1. The minimum atomic E-state index is -3.57. The Morgan fingerprint density at radius 2 is 1.76 bits per heavy atom. The van der Waals surface area contributed by atoms with E-state index in [1.165, 1.54) is 0 Å². The molecule has 114 valence electrons. The molecule has 0 radical (unpaired) electrons. The van der Waals surface area contributed by atoms with E-state index in [1.54, 1.807) is 25.6 Å². The first-order valence-corrected chi connectivity index (χ1v) is 8.50. The molecule has 1 N–H and O–H groups in total. The first kappa shape index (κ1) is 16.0. The molecule has 0 spiro atoms. The standard InChI is InChI=1S/C14H18ClN3O2S/c1-10-14(11(2)18(3)17-10)21(19,20)16-9-13-6-4-12(8-15)5-7-13/h4-7,16H,8-9H2,1-3H3. The maximum Gasteiger partial charge on any atom is 0.244 e. The predicted octanol–water partition coefficient (Wildman–Crippen LogP) is 2.25. The van der Waals surface area contributed by atoms with Crippen molar-refractivity contribution in [3.8, 4) is 0 Å². The van der Waals surface area contributed by atoms with Crippen LogP contribution < -0.4 is 4.72 Å². The van der Waals surface area contributed by atoms with E-state index in [1.807, 2.05) is 24.3 Å². The van der Waals surface area contributed by atoms with E-state index in [2.05, 4.69) is 9.82 Å². The number of sulfonamides is 1. The summed E-state index contributed by atoms with van der Waals surface area (Å²) in [5, 5.41) is 4.14. The second-order valence-corrected chi connectivity index (χ2v) is 6.87. The summed E-state index contributed by atoms with van der Waals surface area (Å²) >= 11 is 5.73. The highest BCUT2D eigenvalue weighted by molar-refractivity contribution is 7.89. The van der Waals surface area contributed by atoms with Crippen molar-refractivity contribution in [3.63, 3.8) is 0 Å². The Labute approximate surface area is 130 Å². The summed E-state index contributed by atoms with van der Waals surface area (Å²) in [7, 11) is -1.85. The van der Waals surface area contributed by atoms with E-state index in [0.29, 0.717) is 17.3 Å². The molecule has 21 heavy (non-hydrogen) atoms. The van der Waals surface area contributed by atoms with Crippen LogP contribution in [-0.4, -0.2) is 18.2 Å². The molecule has 0 bridgehead atoms. The highest BCUT2D eigenvalue weighted by Gasteiger charge is 2.23. The van der Waals surface area contributed by atoms with Crippen LogP contribution in [0.5, 0.6) is 0 Å². The summed E-state index contributed by atoms with van der Waals surface area (Å²) in [5.41, 5.74) is 3.01. The van der Waals surface area contributed by atoms with Gasteiger partial charge in [0.1, 0.15) is 4.90 Å². The van der Waals surface area contributed by atoms with Gasteiger partial charge in [0.25, 0.3) is 0 Å². The van der Waals surface area contributed by atoms with Crippen LogP contribution in [0.4, 0.5) is 0 Å². The average Bonchev–Trinajstić information content (AvgIpc) is 2.71. The third-order valence-electron chi connectivity index (χ3n) is 3.35. The number of hydrogen-bond donors (Lipinski definition) is 1. The van der Waals surface area contributed by atoms with Crippen molar-refractivity contribution in [1.29, 1.82) is 0 Å². The minimum Gasteiger partial charge on any atom is -0.271 e. The molecule has 7 heteroatoms. The molecule has 0 atom stereocenters. The van der Waals surface area contributed by atoms with Gasteiger partial charge in [-0.15, -0.1) is 11.6 Å². The molecule has 0 fully saturated rings. The van der Waals surface area contributed by atoms with Crippen molar-refractivity contribution in [3.05, 3.63) is 46.8 Å². The second-order valence-electron chi connectivity index (χ2n) is 4.90. The second kappa shape index (κ2) is 6.17. The fourth-order valence-corrected chi connectivity index (χ4v) is 3.77. The number of alkyl halides is 1. The largest absolute Gasteiger partial charge is 0.271 e. The van der Waals surface area contributed by atoms with E-state index in [-0.39, 0.29) is 11.4 Å². The fraction of sp³-hybridized carbons (Fsp3) is 0.357. The van der Waals surface area contributed by atoms with Crippen LogP contribution in [0.1, 0.15) is 22.5 Å². The lowest BCUT2D eigenvalue weighted by molar-refractivity contribution is 0.579. The first-order chi connectivity index (χ1) is 9.85. The van der Waals surface area contributed by atoms with Crippen LogP contribution in [-0.2, 0) is 29.5 Å². The van der Waals surface area contributed by atoms with Gasteiger partial charge < -0.3 is 0 Å². The monoisotopic (exact) mass is 327 g/mol. The van der Waals surface area contributed by atoms with Gasteiger partial charge in [-0.25, -0.2) is 13.1 Å². The summed E-state index contributed by atoms with van der Waals surface area (Å²) in [5.74, 6) is 0.445. The lowest BCUT2D eigenvalue weighted by Crippen LogP contribution is -2.24. The summed E-state index contributed by atoms with van der Waals surface area (Å²) in [4.78, 5) is 0.252. The van der Waals surface area contributed by atoms with E-state index in [9.17, 15) is 8.42 Å². The number of nitrogens with zero attached hydrogens (tertiary/aromatic N) is 2. The van der Waals surface area contributed by atoms with Crippen molar-refractivity contribution >= 4 is 21.6 Å². The molecule has 2 aromatic rings. The normalized spacial score (nSPS) is 11.8. The van der Waals surface area contributed by atoms with Gasteiger partial charge in [-0.05, 0) is 25.0 Å². The number of rotatable bonds is 5. The maximum absolute atomic E-state index is 12.4. The van der Waals surface area contributed by atoms with Gasteiger partial charge >= 0.3 is 0 Å². The molecule has 0 aliphatic carbocycles. The molecule has 0 aliphatic heterocycles. The lowest BCUT2D eigenvalue weighted by Gasteiger charge is -2.08. The molecule has 0 amide bonds. The highest BCUT2D eigenvalue weighted by atomic mass is 35.5. The summed E-state index contributed by atoms with van der Waals surface area (Å²) in [6.45, 7) is 3.67. The van der Waals surface area contributed by atoms with Crippen molar-refractivity contribution in [2.24, 2.45) is 7.05 Å². The quantitative estimate of drug-likeness (QED) is 0.857. The molecule has 0 aliphatic rings. The van der Waals surface area contributed by atoms with Crippen LogP contribution in [0.2, 0.25) is 0 Å². The van der Waals surface area contributed by atoms with Gasteiger partial charge in [-0.1, -0.05) is 24.3 Å². The molecule has 2 rings (SSSR count). The predicted molar refractivity (Wildman–Crippen MR) is 82.7 cm³/mol. The van der Waals surface area contributed by atoms with Crippen LogP contribution >= 0.6 is 11.6 Å². The molecular formula is C14H18ClN3O2S. The molecular weight excluding hydrogens is 310 g/mol. The molecule has 0 unspecified atom stereocenters. The molecule has 1 aromatic heterocycles. The zero-order chi connectivity index (χ0) is 15.6. The number of halogens is 1. The third kappa shape index (κ3) is 3.45. The van der Waals surface area contributed by atoms with Gasteiger partial charge in [-0.2, -0.15) is 5.10 Å². The molecule has 1 aromatic carbocycles. The minimum absolute atomic E-state index is 0.235. The van der Waals surface area contributed by atoms with Gasteiger partial charge in [0.2, 0.25) is 10.0 Å². The lowest BCUT2D eigenvalue weighted by atomic mass is 10.1. The fourth-order valence-electron chi connectivity index (χ4n) is 2.14. The highest BCUT2D eigenvalue weighted by Crippen LogP contribution is 2.18. The Kier molecular flexibility index (Phi) is 4.70. The van der Waals surface area contributed by atoms with E-state index in [4.69, 9.17) is 11.6 Å². The number of benzene rings is 1. The number of aryl methyl sites for hydroxylation is 2. The van der Waals surface area contributed by atoms with Crippen LogP contribution in [0, 0.1) is 13.8 Å². The van der Waals surface area contributed by atoms with E-state index >= 15 is 0 Å². The van der Waals surface area contributed by atoms with E-state index < -0.39 is 10.0 Å². The van der Waals surface area contributed by atoms with Gasteiger partial charge in [-0.3, -0.25) is 4.68 Å². The number of aromatic nitrogens is 2. The Morgan fingerprint density at radius 1 is 1.19 bits per heavy atom. The van der Waals surface area contributed by atoms with Crippen LogP contribution in [0.25, 0.3) is 0 Å². The van der Waals surface area contributed by atoms with Crippen molar-refractivity contribution < 1.29 is 8.42 Å². The van der Waals surface area contributed by atoms with Crippen molar-refractivity contribution in [2.75, 3.05) is 0 Å².